The Morgan fingerprint density at radius 2 is 2.26 bits per heavy atom. The third-order valence-electron chi connectivity index (χ3n) is 4.85. The third-order valence-corrected chi connectivity index (χ3v) is 6.16. The molecule has 0 aromatic carbocycles. The van der Waals surface area contributed by atoms with Crippen LogP contribution in [0.3, 0.4) is 0 Å². The smallest absolute Gasteiger partial charge is 0.255 e. The van der Waals surface area contributed by atoms with Crippen LogP contribution in [0.15, 0.2) is 58.6 Å². The second-order valence-electron chi connectivity index (χ2n) is 7.34. The Morgan fingerprint density at radius 3 is 2.90 bits per heavy atom. The summed E-state index contributed by atoms with van der Waals surface area (Å²) in [5.41, 5.74) is 11.7. The lowest BCUT2D eigenvalue weighted by atomic mass is 10.00. The number of ketones is 1. The fourth-order valence-electron chi connectivity index (χ4n) is 3.13. The summed E-state index contributed by atoms with van der Waals surface area (Å²) in [7, 11) is 0.784. The Balaban J connectivity index is 1.86. The summed E-state index contributed by atoms with van der Waals surface area (Å²) in [5.74, 6) is 0.684. The van der Waals surface area contributed by atoms with Crippen LogP contribution in [-0.2, 0) is 4.79 Å². The first-order chi connectivity index (χ1) is 14.9. The summed E-state index contributed by atoms with van der Waals surface area (Å²) in [6, 6.07) is 1.70. The average molecular weight is 438 g/mol. The average Bonchev–Trinajstić information content (AvgIpc) is 2.77. The van der Waals surface area contributed by atoms with Crippen molar-refractivity contribution in [2.75, 3.05) is 25.6 Å². The van der Waals surface area contributed by atoms with Gasteiger partial charge in [0.05, 0.1) is 17.9 Å². The number of allylic oxidation sites excluding steroid dienone is 3. The van der Waals surface area contributed by atoms with Gasteiger partial charge < -0.3 is 15.4 Å². The first kappa shape index (κ1) is 22.7. The SMILES string of the molecule is C=C(C)C(=O)CC1=C=CC(=Nc2ncc(C(=O)N3CCCPC3)cc2OCC)C=C1N. The first-order valence-corrected chi connectivity index (χ1v) is 11.6. The fourth-order valence-corrected chi connectivity index (χ4v) is 4.27. The number of pyridine rings is 1. The molecule has 1 amide bonds. The van der Waals surface area contributed by atoms with Crippen molar-refractivity contribution in [1.29, 1.82) is 0 Å². The number of ether oxygens (including phenoxy) is 1. The van der Waals surface area contributed by atoms with Gasteiger partial charge in [0.15, 0.2) is 17.4 Å². The zero-order valence-electron chi connectivity index (χ0n) is 17.9. The van der Waals surface area contributed by atoms with Crippen LogP contribution in [0, 0.1) is 0 Å². The maximum atomic E-state index is 12.8. The molecule has 1 atom stereocenters. The van der Waals surface area contributed by atoms with Crippen LogP contribution in [-0.4, -0.2) is 52.9 Å². The molecule has 1 fully saturated rings. The molecular formula is C23H27N4O3P. The molecule has 2 aliphatic rings. The van der Waals surface area contributed by atoms with E-state index < -0.39 is 0 Å². The molecule has 0 bridgehead atoms. The number of amides is 1. The van der Waals surface area contributed by atoms with Gasteiger partial charge in [-0.05, 0) is 44.1 Å². The van der Waals surface area contributed by atoms with E-state index in [0.29, 0.717) is 46.3 Å². The van der Waals surface area contributed by atoms with E-state index in [0.717, 1.165) is 27.8 Å². The van der Waals surface area contributed by atoms with E-state index in [1.807, 2.05) is 11.8 Å². The van der Waals surface area contributed by atoms with E-state index in [4.69, 9.17) is 10.5 Å². The molecule has 1 aliphatic carbocycles. The molecule has 7 nitrogen and oxygen atoms in total. The van der Waals surface area contributed by atoms with Crippen LogP contribution in [0.25, 0.3) is 0 Å². The molecule has 1 aromatic rings. The van der Waals surface area contributed by atoms with Gasteiger partial charge in [-0.2, -0.15) is 0 Å². The molecule has 1 saturated heterocycles. The Bertz CT molecular complexity index is 1030. The largest absolute Gasteiger partial charge is 0.490 e. The molecule has 8 heteroatoms. The topological polar surface area (TPSA) is 97.9 Å². The van der Waals surface area contributed by atoms with Crippen molar-refractivity contribution >= 4 is 31.8 Å². The van der Waals surface area contributed by atoms with E-state index in [1.54, 1.807) is 25.1 Å². The van der Waals surface area contributed by atoms with Crippen molar-refractivity contribution in [2.24, 2.45) is 10.7 Å². The van der Waals surface area contributed by atoms with E-state index in [9.17, 15) is 9.59 Å². The summed E-state index contributed by atoms with van der Waals surface area (Å²) < 4.78 is 5.70. The number of rotatable bonds is 7. The molecule has 0 radical (unpaired) electrons. The van der Waals surface area contributed by atoms with Gasteiger partial charge in [0.2, 0.25) is 0 Å². The van der Waals surface area contributed by atoms with Crippen LogP contribution >= 0.6 is 8.58 Å². The molecular weight excluding hydrogens is 411 g/mol. The second-order valence-corrected chi connectivity index (χ2v) is 8.66. The van der Waals surface area contributed by atoms with Crippen molar-refractivity contribution < 1.29 is 14.3 Å². The van der Waals surface area contributed by atoms with Crippen molar-refractivity contribution in [3.8, 4) is 5.75 Å². The predicted octanol–water partition coefficient (Wildman–Crippen LogP) is 3.51. The molecule has 0 saturated carbocycles. The number of nitrogens with two attached hydrogens (primary N) is 1. The summed E-state index contributed by atoms with van der Waals surface area (Å²) in [6.45, 7) is 8.39. The second kappa shape index (κ2) is 10.3. The molecule has 2 N–H and O–H groups in total. The number of hydrogen-bond acceptors (Lipinski definition) is 6. The Morgan fingerprint density at radius 1 is 1.45 bits per heavy atom. The quantitative estimate of drug-likeness (QED) is 0.399. The van der Waals surface area contributed by atoms with Crippen molar-refractivity contribution in [2.45, 2.75) is 26.7 Å². The number of aliphatic imine (C=N–C) groups is 1. The highest BCUT2D eigenvalue weighted by Crippen LogP contribution is 2.29. The van der Waals surface area contributed by atoms with Crippen molar-refractivity contribution in [1.82, 2.24) is 9.88 Å². The molecule has 1 aliphatic heterocycles. The van der Waals surface area contributed by atoms with Crippen LogP contribution in [0.4, 0.5) is 5.82 Å². The zero-order valence-corrected chi connectivity index (χ0v) is 18.9. The van der Waals surface area contributed by atoms with Gasteiger partial charge in [-0.1, -0.05) is 6.58 Å². The van der Waals surface area contributed by atoms with Crippen LogP contribution in [0.1, 0.15) is 37.0 Å². The van der Waals surface area contributed by atoms with Gasteiger partial charge >= 0.3 is 0 Å². The standard InChI is InChI=1S/C23H27N4O3P/c1-4-30-21-11-17(23(29)27-8-5-9-31-14-27)13-25-22(21)26-18-7-6-16(19(24)12-18)10-20(28)15(2)3/h7,11-13,31H,2,4-5,8-10,14,24H2,1,3H3. The maximum Gasteiger partial charge on any atom is 0.255 e. The molecule has 0 spiro atoms. The highest BCUT2D eigenvalue weighted by atomic mass is 31.1. The number of hydrogen-bond donors (Lipinski definition) is 1. The minimum atomic E-state index is -0.0811. The van der Waals surface area contributed by atoms with Crippen LogP contribution < -0.4 is 10.5 Å². The van der Waals surface area contributed by atoms with Gasteiger partial charge in [-0.15, -0.1) is 14.3 Å². The van der Waals surface area contributed by atoms with E-state index in [-0.39, 0.29) is 18.1 Å². The minimum Gasteiger partial charge on any atom is -0.490 e. The molecule has 31 heavy (non-hydrogen) atoms. The highest BCUT2D eigenvalue weighted by molar-refractivity contribution is 7.38. The van der Waals surface area contributed by atoms with Gasteiger partial charge in [0.1, 0.15) is 0 Å². The minimum absolute atomic E-state index is 0.0312. The van der Waals surface area contributed by atoms with Gasteiger partial charge in [-0.25, -0.2) is 9.98 Å². The normalized spacial score (nSPS) is 18.0. The molecule has 3 rings (SSSR count). The summed E-state index contributed by atoms with van der Waals surface area (Å²) in [5, 5.41) is 0. The van der Waals surface area contributed by atoms with Gasteiger partial charge in [-0.3, -0.25) is 9.59 Å². The van der Waals surface area contributed by atoms with Crippen molar-refractivity contribution in [3.05, 3.63) is 59.1 Å². The fraction of sp³-hybridized carbons (Fsp3) is 0.348. The highest BCUT2D eigenvalue weighted by Gasteiger charge is 2.20. The van der Waals surface area contributed by atoms with Gasteiger partial charge in [0.25, 0.3) is 5.91 Å². The van der Waals surface area contributed by atoms with Crippen molar-refractivity contribution in [3.63, 3.8) is 0 Å². The lowest BCUT2D eigenvalue weighted by Crippen LogP contribution is -2.34. The number of carbonyl (C=O) groups excluding carboxylic acids is 2. The summed E-state index contributed by atoms with van der Waals surface area (Å²) >= 11 is 0. The van der Waals surface area contributed by atoms with E-state index in [2.05, 4.69) is 22.3 Å². The Labute approximate surface area is 184 Å². The summed E-state index contributed by atoms with van der Waals surface area (Å²) in [6.07, 6.45) is 8.03. The van der Waals surface area contributed by atoms with Gasteiger partial charge in [0, 0.05) is 42.8 Å². The Hall–Kier alpha value is -3.01. The lowest BCUT2D eigenvalue weighted by molar-refractivity contribution is -0.114. The van der Waals surface area contributed by atoms with Crippen LogP contribution in [0.5, 0.6) is 5.75 Å². The number of aromatic nitrogens is 1. The van der Waals surface area contributed by atoms with E-state index >= 15 is 0 Å². The predicted molar refractivity (Wildman–Crippen MR) is 125 cm³/mol. The van der Waals surface area contributed by atoms with E-state index in [1.165, 1.54) is 12.4 Å². The molecule has 2 heterocycles. The maximum absolute atomic E-state index is 12.8. The monoisotopic (exact) mass is 438 g/mol. The first-order valence-electron chi connectivity index (χ1n) is 10.2. The third kappa shape index (κ3) is 5.78. The van der Waals surface area contributed by atoms with Crippen LogP contribution in [0.2, 0.25) is 0 Å². The number of carbonyl (C=O) groups is 2. The molecule has 162 valence electrons. The number of nitrogens with zero attached hydrogens (tertiary/aromatic N) is 3. The molecule has 1 unspecified atom stereocenters. The Kier molecular flexibility index (Phi) is 7.56. The summed E-state index contributed by atoms with van der Waals surface area (Å²) in [4.78, 5) is 35.5. The number of Topliss-reactive ketones (excluding diaryl/α,β-unsaturated/α-hetero) is 1. The lowest BCUT2D eigenvalue weighted by Gasteiger charge is -2.26. The molecule has 1 aromatic heterocycles. The zero-order chi connectivity index (χ0) is 22.4.